The maximum absolute atomic E-state index is 12.3. The van der Waals surface area contributed by atoms with Crippen molar-refractivity contribution in [1.29, 1.82) is 0 Å². The van der Waals surface area contributed by atoms with Gasteiger partial charge in [0.05, 0.1) is 12.7 Å². The third-order valence-corrected chi connectivity index (χ3v) is 5.41. The number of hydrogen-bond acceptors (Lipinski definition) is 5. The Bertz CT molecular complexity index is 871. The van der Waals surface area contributed by atoms with Crippen LogP contribution in [0.1, 0.15) is 17.7 Å². The summed E-state index contributed by atoms with van der Waals surface area (Å²) in [5.41, 5.74) is 0. The van der Waals surface area contributed by atoms with Crippen LogP contribution in [-0.2, 0) is 6.54 Å². The van der Waals surface area contributed by atoms with E-state index in [1.165, 1.54) is 0 Å². The van der Waals surface area contributed by atoms with Crippen molar-refractivity contribution < 1.29 is 9.53 Å². The fraction of sp³-hybridized carbons (Fsp3) is 0.316. The Morgan fingerprint density at radius 2 is 2.08 bits per heavy atom. The Kier molecular flexibility index (Phi) is 4.97. The van der Waals surface area contributed by atoms with Crippen LogP contribution >= 0.6 is 11.3 Å². The molecule has 26 heavy (non-hydrogen) atoms. The minimum Gasteiger partial charge on any atom is -0.473 e. The van der Waals surface area contributed by atoms with Gasteiger partial charge in [0.2, 0.25) is 5.88 Å². The van der Waals surface area contributed by atoms with Crippen molar-refractivity contribution in [3.8, 4) is 5.88 Å². The zero-order valence-corrected chi connectivity index (χ0v) is 15.1. The van der Waals surface area contributed by atoms with Crippen LogP contribution in [0.5, 0.6) is 5.88 Å². The number of rotatable bonds is 4. The summed E-state index contributed by atoms with van der Waals surface area (Å²) in [6.07, 6.45) is 3.37. The second kappa shape index (κ2) is 7.70. The van der Waals surface area contributed by atoms with Gasteiger partial charge in [-0.25, -0.2) is 4.79 Å². The number of carbonyl (C=O) groups is 1. The molecule has 0 atom stereocenters. The molecule has 4 rings (SSSR count). The van der Waals surface area contributed by atoms with E-state index in [4.69, 9.17) is 4.74 Å². The second-order valence-corrected chi connectivity index (χ2v) is 7.31. The molecule has 1 fully saturated rings. The Labute approximate surface area is 155 Å². The number of piperidine rings is 1. The predicted octanol–water partition coefficient (Wildman–Crippen LogP) is 3.44. The van der Waals surface area contributed by atoms with Gasteiger partial charge in [0, 0.05) is 41.6 Å². The molecule has 3 heterocycles. The quantitative estimate of drug-likeness (QED) is 0.766. The zero-order chi connectivity index (χ0) is 17.8. The Morgan fingerprint density at radius 3 is 2.88 bits per heavy atom. The van der Waals surface area contributed by atoms with E-state index >= 15 is 0 Å². The largest absolute Gasteiger partial charge is 0.473 e. The average molecular weight is 368 g/mol. The molecule has 1 saturated heterocycles. The van der Waals surface area contributed by atoms with Crippen molar-refractivity contribution in [3.05, 3.63) is 52.9 Å². The molecule has 1 aromatic carbocycles. The Balaban J connectivity index is 1.31. The van der Waals surface area contributed by atoms with Gasteiger partial charge in [-0.3, -0.25) is 0 Å². The van der Waals surface area contributed by atoms with Gasteiger partial charge in [0.1, 0.15) is 6.10 Å². The standard InChI is InChI=1S/C19H20N4O2S/c24-19(20-13-16-5-3-11-26-16)23-9-7-15(8-10-23)25-18-17-6-2-1-4-14(17)12-21-22-18/h1-6,11-12,15H,7-10,13H2,(H,20,24). The van der Waals surface area contributed by atoms with Gasteiger partial charge in [-0.15, -0.1) is 16.4 Å². The van der Waals surface area contributed by atoms with Crippen LogP contribution in [0, 0.1) is 0 Å². The molecule has 0 radical (unpaired) electrons. The molecule has 0 spiro atoms. The third-order valence-electron chi connectivity index (χ3n) is 4.54. The highest BCUT2D eigenvalue weighted by molar-refractivity contribution is 7.09. The van der Waals surface area contributed by atoms with Crippen LogP contribution in [0.2, 0.25) is 0 Å². The SMILES string of the molecule is O=C(NCc1cccs1)N1CCC(Oc2nncc3ccccc23)CC1. The lowest BCUT2D eigenvalue weighted by Crippen LogP contribution is -2.46. The van der Waals surface area contributed by atoms with E-state index in [1.54, 1.807) is 17.5 Å². The molecule has 1 aliphatic heterocycles. The summed E-state index contributed by atoms with van der Waals surface area (Å²) in [7, 11) is 0. The van der Waals surface area contributed by atoms with Gasteiger partial charge in [0.15, 0.2) is 0 Å². The molecule has 0 bridgehead atoms. The van der Waals surface area contributed by atoms with Crippen molar-refractivity contribution >= 4 is 28.1 Å². The van der Waals surface area contributed by atoms with E-state index in [-0.39, 0.29) is 12.1 Å². The van der Waals surface area contributed by atoms with Crippen LogP contribution in [0.15, 0.2) is 48.0 Å². The van der Waals surface area contributed by atoms with Gasteiger partial charge >= 0.3 is 6.03 Å². The number of urea groups is 1. The summed E-state index contributed by atoms with van der Waals surface area (Å²) in [5, 5.41) is 15.2. The van der Waals surface area contributed by atoms with Gasteiger partial charge in [0.25, 0.3) is 0 Å². The van der Waals surface area contributed by atoms with Gasteiger partial charge < -0.3 is 15.0 Å². The first-order valence-electron chi connectivity index (χ1n) is 8.72. The summed E-state index contributed by atoms with van der Waals surface area (Å²) in [5.74, 6) is 0.573. The predicted molar refractivity (Wildman–Crippen MR) is 101 cm³/mol. The lowest BCUT2D eigenvalue weighted by atomic mass is 10.1. The van der Waals surface area contributed by atoms with Crippen LogP contribution < -0.4 is 10.1 Å². The molecule has 1 N–H and O–H groups in total. The monoisotopic (exact) mass is 368 g/mol. The molecule has 3 aromatic rings. The average Bonchev–Trinajstić information content (AvgIpc) is 3.21. The normalized spacial score (nSPS) is 15.2. The molecule has 1 aliphatic rings. The maximum Gasteiger partial charge on any atom is 0.317 e. The number of hydrogen-bond donors (Lipinski definition) is 1. The number of carbonyl (C=O) groups excluding carboxylic acids is 1. The maximum atomic E-state index is 12.3. The number of nitrogens with one attached hydrogen (secondary N) is 1. The Morgan fingerprint density at radius 1 is 1.23 bits per heavy atom. The summed E-state index contributed by atoms with van der Waals surface area (Å²) in [6, 6.07) is 11.9. The van der Waals surface area contributed by atoms with E-state index in [9.17, 15) is 4.79 Å². The summed E-state index contributed by atoms with van der Waals surface area (Å²) in [4.78, 5) is 15.3. The second-order valence-electron chi connectivity index (χ2n) is 6.28. The van der Waals surface area contributed by atoms with E-state index in [2.05, 4.69) is 15.5 Å². The van der Waals surface area contributed by atoms with E-state index in [0.29, 0.717) is 25.5 Å². The van der Waals surface area contributed by atoms with Crippen molar-refractivity contribution in [3.63, 3.8) is 0 Å². The summed E-state index contributed by atoms with van der Waals surface area (Å²) in [6.45, 7) is 1.94. The molecule has 0 aliphatic carbocycles. The highest BCUT2D eigenvalue weighted by Crippen LogP contribution is 2.24. The molecular weight excluding hydrogens is 348 g/mol. The number of fused-ring (bicyclic) bond motifs is 1. The highest BCUT2D eigenvalue weighted by Gasteiger charge is 2.24. The summed E-state index contributed by atoms with van der Waals surface area (Å²) < 4.78 is 6.09. The van der Waals surface area contributed by atoms with Crippen molar-refractivity contribution in [2.75, 3.05) is 13.1 Å². The number of benzene rings is 1. The number of thiophene rings is 1. The van der Waals surface area contributed by atoms with Crippen LogP contribution in [0.3, 0.4) is 0 Å². The van der Waals surface area contributed by atoms with Crippen molar-refractivity contribution in [2.45, 2.75) is 25.5 Å². The summed E-state index contributed by atoms with van der Waals surface area (Å²) >= 11 is 1.65. The molecule has 0 saturated carbocycles. The first-order valence-corrected chi connectivity index (χ1v) is 9.60. The number of amides is 2. The van der Waals surface area contributed by atoms with Crippen LogP contribution in [-0.4, -0.2) is 40.3 Å². The fourth-order valence-corrected chi connectivity index (χ4v) is 3.76. The smallest absolute Gasteiger partial charge is 0.317 e. The van der Waals surface area contributed by atoms with Crippen LogP contribution in [0.4, 0.5) is 4.79 Å². The highest BCUT2D eigenvalue weighted by atomic mass is 32.1. The minimum absolute atomic E-state index is 0.0122. The van der Waals surface area contributed by atoms with E-state index < -0.39 is 0 Å². The molecule has 2 aromatic heterocycles. The fourth-order valence-electron chi connectivity index (χ4n) is 3.11. The lowest BCUT2D eigenvalue weighted by molar-refractivity contribution is 0.108. The van der Waals surface area contributed by atoms with Gasteiger partial charge in [-0.2, -0.15) is 5.10 Å². The van der Waals surface area contributed by atoms with E-state index in [0.717, 1.165) is 28.5 Å². The molecular formula is C19H20N4O2S. The van der Waals surface area contributed by atoms with Gasteiger partial charge in [-0.05, 0) is 17.5 Å². The van der Waals surface area contributed by atoms with Gasteiger partial charge in [-0.1, -0.05) is 24.3 Å². The van der Waals surface area contributed by atoms with Crippen molar-refractivity contribution in [1.82, 2.24) is 20.4 Å². The number of likely N-dealkylation sites (tertiary alicyclic amines) is 1. The molecule has 2 amide bonds. The third kappa shape index (κ3) is 3.77. The number of aromatic nitrogens is 2. The van der Waals surface area contributed by atoms with Crippen LogP contribution in [0.25, 0.3) is 10.8 Å². The molecule has 0 unspecified atom stereocenters. The number of nitrogens with zero attached hydrogens (tertiary/aromatic N) is 3. The molecule has 7 heteroatoms. The lowest BCUT2D eigenvalue weighted by Gasteiger charge is -2.32. The zero-order valence-electron chi connectivity index (χ0n) is 14.3. The first-order chi connectivity index (χ1) is 12.8. The number of ether oxygens (including phenoxy) is 1. The topological polar surface area (TPSA) is 67.4 Å². The minimum atomic E-state index is -0.0122. The first kappa shape index (κ1) is 16.8. The molecule has 6 nitrogen and oxygen atoms in total. The van der Waals surface area contributed by atoms with E-state index in [1.807, 2.05) is 46.7 Å². The Hall–Kier alpha value is -2.67. The van der Waals surface area contributed by atoms with Crippen molar-refractivity contribution in [2.24, 2.45) is 0 Å². The molecule has 134 valence electrons.